The molecule has 1 aliphatic carbocycles. The van der Waals surface area contributed by atoms with Crippen LogP contribution in [0.1, 0.15) is 47.6 Å². The minimum atomic E-state index is -3.60. The van der Waals surface area contributed by atoms with Crippen LogP contribution in [0.15, 0.2) is 77.7 Å². The normalized spacial score (nSPS) is 16.9. The highest BCUT2D eigenvalue weighted by Crippen LogP contribution is 2.40. The number of hydrogen-bond donors (Lipinski definition) is 1. The Balaban J connectivity index is 1.63. The number of halogens is 1. The highest BCUT2D eigenvalue weighted by molar-refractivity contribution is 7.91. The van der Waals surface area contributed by atoms with Crippen molar-refractivity contribution >= 4 is 33.0 Å². The summed E-state index contributed by atoms with van der Waals surface area (Å²) in [7, 11) is -3.60. The van der Waals surface area contributed by atoms with Crippen molar-refractivity contribution in [2.75, 3.05) is 5.32 Å². The van der Waals surface area contributed by atoms with E-state index in [-0.39, 0.29) is 16.7 Å². The zero-order valence-corrected chi connectivity index (χ0v) is 18.8. The van der Waals surface area contributed by atoms with E-state index >= 15 is 0 Å². The van der Waals surface area contributed by atoms with E-state index in [0.29, 0.717) is 17.1 Å². The molecule has 2 unspecified atom stereocenters. The van der Waals surface area contributed by atoms with Crippen LogP contribution in [0.4, 0.5) is 5.69 Å². The average molecular weight is 454 g/mol. The van der Waals surface area contributed by atoms with E-state index in [1.165, 1.54) is 6.07 Å². The first kappa shape index (κ1) is 21.6. The van der Waals surface area contributed by atoms with Gasteiger partial charge in [-0.05, 0) is 73.2 Å². The first-order valence-electron chi connectivity index (χ1n) is 10.3. The lowest BCUT2D eigenvalue weighted by Crippen LogP contribution is -2.21. The molecule has 0 aliphatic heterocycles. The van der Waals surface area contributed by atoms with E-state index in [1.54, 1.807) is 18.2 Å². The molecular weight excluding hydrogens is 430 g/mol. The van der Waals surface area contributed by atoms with Crippen LogP contribution >= 0.6 is 11.6 Å². The van der Waals surface area contributed by atoms with Crippen molar-refractivity contribution in [2.24, 2.45) is 0 Å². The highest BCUT2D eigenvalue weighted by atomic mass is 35.5. The van der Waals surface area contributed by atoms with Crippen molar-refractivity contribution in [3.8, 4) is 0 Å². The first-order valence-corrected chi connectivity index (χ1v) is 12.3. The summed E-state index contributed by atoms with van der Waals surface area (Å²) in [5.41, 5.74) is 3.31. The molecule has 0 heterocycles. The zero-order chi connectivity index (χ0) is 22.0. The fraction of sp³-hybridized carbons (Fsp3) is 0.240. The summed E-state index contributed by atoms with van der Waals surface area (Å²) in [6, 6.07) is 21.6. The van der Waals surface area contributed by atoms with Crippen LogP contribution in [0.25, 0.3) is 0 Å². The molecule has 0 radical (unpaired) electrons. The molecule has 1 aliphatic rings. The Morgan fingerprint density at radius 1 is 1.03 bits per heavy atom. The molecule has 2 atom stereocenters. The minimum absolute atomic E-state index is 0.129. The summed E-state index contributed by atoms with van der Waals surface area (Å²) < 4.78 is 26.8. The van der Waals surface area contributed by atoms with E-state index < -0.39 is 15.1 Å². The predicted octanol–water partition coefficient (Wildman–Crippen LogP) is 5.93. The van der Waals surface area contributed by atoms with Crippen LogP contribution < -0.4 is 5.32 Å². The molecule has 0 aromatic heterocycles. The van der Waals surface area contributed by atoms with Gasteiger partial charge in [0.15, 0.2) is 9.84 Å². The van der Waals surface area contributed by atoms with Crippen molar-refractivity contribution < 1.29 is 13.2 Å². The fourth-order valence-corrected chi connectivity index (χ4v) is 6.28. The molecule has 4 nitrogen and oxygen atoms in total. The standard InChI is InChI=1S/C25H24ClNO3S/c1-17(18-7-3-2-4-8-18)25(28)27-21-14-13-19-9-5-12-24(23(19)16-21)31(29,30)22-11-6-10-20(26)15-22/h2-4,6-8,10-11,13-17,24H,5,9,12H2,1H3,(H,27,28). The summed E-state index contributed by atoms with van der Waals surface area (Å²) in [5, 5.41) is 2.70. The van der Waals surface area contributed by atoms with Gasteiger partial charge in [0.05, 0.1) is 16.1 Å². The van der Waals surface area contributed by atoms with Gasteiger partial charge in [0, 0.05) is 10.7 Å². The van der Waals surface area contributed by atoms with Crippen molar-refractivity contribution in [1.82, 2.24) is 0 Å². The number of rotatable bonds is 5. The second kappa shape index (κ2) is 8.85. The molecule has 0 bridgehead atoms. The Bertz CT molecular complexity index is 1210. The summed E-state index contributed by atoms with van der Waals surface area (Å²) in [5.74, 6) is -0.445. The lowest BCUT2D eigenvalue weighted by molar-refractivity contribution is -0.117. The summed E-state index contributed by atoms with van der Waals surface area (Å²) in [6.45, 7) is 1.86. The topological polar surface area (TPSA) is 63.2 Å². The van der Waals surface area contributed by atoms with Gasteiger partial charge in [-0.3, -0.25) is 4.79 Å². The second-order valence-corrected chi connectivity index (χ2v) is 10.5. The second-order valence-electron chi connectivity index (χ2n) is 7.92. The van der Waals surface area contributed by atoms with E-state index in [9.17, 15) is 13.2 Å². The number of anilines is 1. The van der Waals surface area contributed by atoms with Gasteiger partial charge in [0.25, 0.3) is 0 Å². The number of aryl methyl sites for hydroxylation is 1. The summed E-state index contributed by atoms with van der Waals surface area (Å²) >= 11 is 6.04. The number of carbonyl (C=O) groups is 1. The van der Waals surface area contributed by atoms with Crippen LogP contribution in [-0.2, 0) is 21.1 Å². The Hall–Kier alpha value is -2.63. The van der Waals surface area contributed by atoms with Gasteiger partial charge in [-0.2, -0.15) is 0 Å². The van der Waals surface area contributed by atoms with Crippen molar-refractivity contribution in [3.63, 3.8) is 0 Å². The molecule has 3 aromatic carbocycles. The zero-order valence-electron chi connectivity index (χ0n) is 17.2. The Morgan fingerprint density at radius 3 is 2.55 bits per heavy atom. The number of benzene rings is 3. The third kappa shape index (κ3) is 4.53. The summed E-state index contributed by atoms with van der Waals surface area (Å²) in [6.07, 6.45) is 2.17. The molecule has 0 saturated carbocycles. The molecular formula is C25H24ClNO3S. The molecule has 160 valence electrons. The van der Waals surface area contributed by atoms with E-state index in [4.69, 9.17) is 11.6 Å². The number of amides is 1. The van der Waals surface area contributed by atoms with Crippen molar-refractivity contribution in [1.29, 1.82) is 0 Å². The van der Waals surface area contributed by atoms with Crippen LogP contribution in [0.2, 0.25) is 5.02 Å². The third-order valence-corrected chi connectivity index (χ3v) is 8.25. The number of fused-ring (bicyclic) bond motifs is 1. The molecule has 0 fully saturated rings. The molecule has 1 amide bonds. The lowest BCUT2D eigenvalue weighted by atomic mass is 9.91. The maximum atomic E-state index is 13.4. The van der Waals surface area contributed by atoms with Gasteiger partial charge >= 0.3 is 0 Å². The number of hydrogen-bond acceptors (Lipinski definition) is 3. The largest absolute Gasteiger partial charge is 0.326 e. The van der Waals surface area contributed by atoms with Crippen molar-refractivity contribution in [2.45, 2.75) is 42.2 Å². The molecule has 3 aromatic rings. The first-order chi connectivity index (χ1) is 14.9. The number of nitrogens with one attached hydrogen (secondary N) is 1. The molecule has 31 heavy (non-hydrogen) atoms. The monoisotopic (exact) mass is 453 g/mol. The van der Waals surface area contributed by atoms with Gasteiger partial charge in [-0.1, -0.05) is 54.1 Å². The van der Waals surface area contributed by atoms with Gasteiger partial charge < -0.3 is 5.32 Å². The average Bonchev–Trinajstić information content (AvgIpc) is 2.78. The van der Waals surface area contributed by atoms with Gasteiger partial charge in [-0.25, -0.2) is 8.42 Å². The minimum Gasteiger partial charge on any atom is -0.326 e. The van der Waals surface area contributed by atoms with E-state index in [0.717, 1.165) is 29.5 Å². The smallest absolute Gasteiger partial charge is 0.231 e. The SMILES string of the molecule is CC(C(=O)Nc1ccc2c(c1)C(S(=O)(=O)c1cccc(Cl)c1)CCC2)c1ccccc1. The molecule has 1 N–H and O–H groups in total. The number of carbonyl (C=O) groups excluding carboxylic acids is 1. The fourth-order valence-electron chi connectivity index (χ4n) is 4.11. The van der Waals surface area contributed by atoms with Gasteiger partial charge in [0.1, 0.15) is 0 Å². The van der Waals surface area contributed by atoms with E-state index in [1.807, 2.05) is 55.5 Å². The lowest BCUT2D eigenvalue weighted by Gasteiger charge is -2.26. The van der Waals surface area contributed by atoms with Crippen LogP contribution in [0.5, 0.6) is 0 Å². The van der Waals surface area contributed by atoms with Crippen LogP contribution in [-0.4, -0.2) is 14.3 Å². The van der Waals surface area contributed by atoms with Crippen LogP contribution in [0.3, 0.4) is 0 Å². The van der Waals surface area contributed by atoms with Crippen LogP contribution in [0, 0.1) is 0 Å². The third-order valence-electron chi connectivity index (χ3n) is 5.86. The van der Waals surface area contributed by atoms with Crippen molar-refractivity contribution in [3.05, 3.63) is 94.5 Å². The Morgan fingerprint density at radius 2 is 1.81 bits per heavy atom. The summed E-state index contributed by atoms with van der Waals surface area (Å²) in [4.78, 5) is 13.0. The maximum absolute atomic E-state index is 13.4. The van der Waals surface area contributed by atoms with Gasteiger partial charge in [-0.15, -0.1) is 0 Å². The maximum Gasteiger partial charge on any atom is 0.231 e. The molecule has 0 spiro atoms. The Labute approximate surface area is 188 Å². The highest BCUT2D eigenvalue weighted by Gasteiger charge is 2.33. The molecule has 4 rings (SSSR count). The van der Waals surface area contributed by atoms with Gasteiger partial charge in [0.2, 0.25) is 5.91 Å². The Kier molecular flexibility index (Phi) is 6.17. The number of sulfone groups is 1. The molecule has 0 saturated heterocycles. The predicted molar refractivity (Wildman–Crippen MR) is 124 cm³/mol. The molecule has 6 heteroatoms. The quantitative estimate of drug-likeness (QED) is 0.520. The van der Waals surface area contributed by atoms with E-state index in [2.05, 4.69) is 5.32 Å².